The first kappa shape index (κ1) is 16.0. The maximum atomic E-state index is 11.8. The van der Waals surface area contributed by atoms with E-state index >= 15 is 0 Å². The van der Waals surface area contributed by atoms with Crippen LogP contribution in [-0.4, -0.2) is 27.7 Å². The lowest BCUT2D eigenvalue weighted by Crippen LogP contribution is -2.35. The molecule has 4 nitrogen and oxygen atoms in total. The summed E-state index contributed by atoms with van der Waals surface area (Å²) in [5.41, 5.74) is 3.08. The minimum Gasteiger partial charge on any atom is -0.353 e. The standard InChI is InChI=1S/C14H23N3OS/c1-6-12(7-2)17-13(18)8-19-14-15-10(4)9(3)11(5)16-14/h12H,6-8H2,1-5H3,(H,17,18). The average Bonchev–Trinajstić information content (AvgIpc) is 2.39. The van der Waals surface area contributed by atoms with Crippen LogP contribution in [0, 0.1) is 20.8 Å². The van der Waals surface area contributed by atoms with Gasteiger partial charge in [-0.3, -0.25) is 4.79 Å². The second-order valence-corrected chi connectivity index (χ2v) is 5.61. The molecule has 0 bridgehead atoms. The zero-order chi connectivity index (χ0) is 14.4. The van der Waals surface area contributed by atoms with Crippen molar-refractivity contribution in [2.24, 2.45) is 0 Å². The molecule has 1 rings (SSSR count). The second kappa shape index (κ2) is 7.48. The van der Waals surface area contributed by atoms with Crippen LogP contribution in [-0.2, 0) is 4.79 Å². The fraction of sp³-hybridized carbons (Fsp3) is 0.643. The number of carbonyl (C=O) groups is 1. The molecule has 1 heterocycles. The smallest absolute Gasteiger partial charge is 0.230 e. The van der Waals surface area contributed by atoms with E-state index in [4.69, 9.17) is 0 Å². The molecule has 1 aromatic rings. The van der Waals surface area contributed by atoms with Crippen molar-refractivity contribution >= 4 is 17.7 Å². The van der Waals surface area contributed by atoms with Gasteiger partial charge in [-0.25, -0.2) is 9.97 Å². The number of carbonyl (C=O) groups excluding carboxylic acids is 1. The maximum Gasteiger partial charge on any atom is 0.230 e. The summed E-state index contributed by atoms with van der Waals surface area (Å²) in [6, 6.07) is 0.274. The Morgan fingerprint density at radius 2 is 1.68 bits per heavy atom. The number of hydrogen-bond acceptors (Lipinski definition) is 4. The van der Waals surface area contributed by atoms with Crippen LogP contribution >= 0.6 is 11.8 Å². The van der Waals surface area contributed by atoms with Gasteiger partial charge in [0.2, 0.25) is 5.91 Å². The van der Waals surface area contributed by atoms with E-state index in [1.807, 2.05) is 20.8 Å². The lowest BCUT2D eigenvalue weighted by molar-refractivity contribution is -0.119. The van der Waals surface area contributed by atoms with Crippen LogP contribution in [0.2, 0.25) is 0 Å². The molecule has 0 saturated heterocycles. The van der Waals surface area contributed by atoms with Gasteiger partial charge in [0, 0.05) is 17.4 Å². The molecule has 0 aliphatic rings. The van der Waals surface area contributed by atoms with Crippen molar-refractivity contribution < 1.29 is 4.79 Å². The van der Waals surface area contributed by atoms with Crippen LogP contribution in [0.4, 0.5) is 0 Å². The number of amides is 1. The highest BCUT2D eigenvalue weighted by molar-refractivity contribution is 7.99. The van der Waals surface area contributed by atoms with Crippen LogP contribution < -0.4 is 5.32 Å². The van der Waals surface area contributed by atoms with E-state index in [9.17, 15) is 4.79 Å². The molecule has 5 heteroatoms. The molecule has 1 N–H and O–H groups in total. The van der Waals surface area contributed by atoms with Crippen LogP contribution in [0.1, 0.15) is 43.6 Å². The SMILES string of the molecule is CCC(CC)NC(=O)CSc1nc(C)c(C)c(C)n1. The van der Waals surface area contributed by atoms with E-state index in [0.717, 1.165) is 29.8 Å². The van der Waals surface area contributed by atoms with Crippen molar-refractivity contribution in [2.45, 2.75) is 58.7 Å². The largest absolute Gasteiger partial charge is 0.353 e. The monoisotopic (exact) mass is 281 g/mol. The van der Waals surface area contributed by atoms with E-state index in [1.54, 1.807) is 0 Å². The maximum absolute atomic E-state index is 11.8. The van der Waals surface area contributed by atoms with Gasteiger partial charge >= 0.3 is 0 Å². The number of nitrogens with zero attached hydrogens (tertiary/aromatic N) is 2. The third-order valence-corrected chi connectivity index (χ3v) is 4.14. The summed E-state index contributed by atoms with van der Waals surface area (Å²) in [6.07, 6.45) is 1.93. The molecule has 0 radical (unpaired) electrons. The van der Waals surface area contributed by atoms with Crippen LogP contribution in [0.25, 0.3) is 0 Å². The normalized spacial score (nSPS) is 10.8. The summed E-state index contributed by atoms with van der Waals surface area (Å²) in [7, 11) is 0. The summed E-state index contributed by atoms with van der Waals surface area (Å²) >= 11 is 1.39. The van der Waals surface area contributed by atoms with Crippen LogP contribution in [0.5, 0.6) is 0 Å². The van der Waals surface area contributed by atoms with Crippen LogP contribution in [0.3, 0.4) is 0 Å². The third kappa shape index (κ3) is 4.82. The highest BCUT2D eigenvalue weighted by Gasteiger charge is 2.11. The Labute approximate surface area is 119 Å². The number of rotatable bonds is 6. The number of thioether (sulfide) groups is 1. The molecule has 0 unspecified atom stereocenters. The lowest BCUT2D eigenvalue weighted by atomic mass is 10.2. The van der Waals surface area contributed by atoms with Gasteiger partial charge in [-0.15, -0.1) is 0 Å². The molecule has 19 heavy (non-hydrogen) atoms. The Balaban J connectivity index is 2.55. The summed E-state index contributed by atoms with van der Waals surface area (Å²) < 4.78 is 0. The van der Waals surface area contributed by atoms with Gasteiger partial charge in [-0.1, -0.05) is 25.6 Å². The predicted molar refractivity (Wildman–Crippen MR) is 79.5 cm³/mol. The van der Waals surface area contributed by atoms with Crippen molar-refractivity contribution in [3.05, 3.63) is 17.0 Å². The zero-order valence-corrected chi connectivity index (χ0v) is 13.2. The Morgan fingerprint density at radius 1 is 1.16 bits per heavy atom. The Kier molecular flexibility index (Phi) is 6.28. The number of nitrogens with one attached hydrogen (secondary N) is 1. The van der Waals surface area contributed by atoms with Crippen molar-refractivity contribution in [2.75, 3.05) is 5.75 Å². The molecule has 0 saturated carbocycles. The van der Waals surface area contributed by atoms with Crippen molar-refractivity contribution in [3.63, 3.8) is 0 Å². The molecule has 0 aliphatic carbocycles. The van der Waals surface area contributed by atoms with E-state index in [0.29, 0.717) is 10.9 Å². The van der Waals surface area contributed by atoms with Gasteiger partial charge in [0.15, 0.2) is 5.16 Å². The van der Waals surface area contributed by atoms with E-state index in [2.05, 4.69) is 29.1 Å². The first-order chi connectivity index (χ1) is 8.97. The highest BCUT2D eigenvalue weighted by atomic mass is 32.2. The van der Waals surface area contributed by atoms with E-state index in [-0.39, 0.29) is 11.9 Å². The Bertz CT molecular complexity index is 421. The van der Waals surface area contributed by atoms with Gasteiger partial charge in [0.25, 0.3) is 0 Å². The summed E-state index contributed by atoms with van der Waals surface area (Å²) in [4.78, 5) is 20.6. The predicted octanol–water partition coefficient (Wildman–Crippen LogP) is 2.80. The lowest BCUT2D eigenvalue weighted by Gasteiger charge is -2.14. The topological polar surface area (TPSA) is 54.9 Å². The molecular formula is C14H23N3OS. The number of aromatic nitrogens is 2. The minimum atomic E-state index is 0.0539. The molecule has 0 fully saturated rings. The van der Waals surface area contributed by atoms with Gasteiger partial charge in [0.05, 0.1) is 5.75 Å². The fourth-order valence-corrected chi connectivity index (χ4v) is 2.44. The van der Waals surface area contributed by atoms with Crippen LogP contribution in [0.15, 0.2) is 5.16 Å². The highest BCUT2D eigenvalue weighted by Crippen LogP contribution is 2.16. The first-order valence-electron chi connectivity index (χ1n) is 6.71. The van der Waals surface area contributed by atoms with Gasteiger partial charge in [-0.2, -0.15) is 0 Å². The molecule has 1 amide bonds. The van der Waals surface area contributed by atoms with E-state index in [1.165, 1.54) is 11.8 Å². The molecule has 106 valence electrons. The average molecular weight is 281 g/mol. The van der Waals surface area contributed by atoms with E-state index < -0.39 is 0 Å². The molecule has 0 spiro atoms. The third-order valence-electron chi connectivity index (χ3n) is 3.30. The number of hydrogen-bond donors (Lipinski definition) is 1. The molecule has 0 atom stereocenters. The first-order valence-corrected chi connectivity index (χ1v) is 7.70. The van der Waals surface area contributed by atoms with Gasteiger partial charge in [-0.05, 0) is 39.2 Å². The van der Waals surface area contributed by atoms with Gasteiger partial charge in [0.1, 0.15) is 0 Å². The summed E-state index contributed by atoms with van der Waals surface area (Å²) in [5, 5.41) is 3.69. The summed E-state index contributed by atoms with van der Waals surface area (Å²) in [5.74, 6) is 0.427. The Morgan fingerprint density at radius 3 is 2.16 bits per heavy atom. The van der Waals surface area contributed by atoms with Crippen molar-refractivity contribution in [3.8, 4) is 0 Å². The fourth-order valence-electron chi connectivity index (χ4n) is 1.70. The minimum absolute atomic E-state index is 0.0539. The second-order valence-electron chi connectivity index (χ2n) is 4.67. The Hall–Kier alpha value is -1.10. The quantitative estimate of drug-likeness (QED) is 0.643. The van der Waals surface area contributed by atoms with Crippen molar-refractivity contribution in [1.82, 2.24) is 15.3 Å². The molecule has 0 aromatic carbocycles. The number of aryl methyl sites for hydroxylation is 2. The molecular weight excluding hydrogens is 258 g/mol. The molecule has 1 aromatic heterocycles. The summed E-state index contributed by atoms with van der Waals surface area (Å²) in [6.45, 7) is 10.1. The zero-order valence-electron chi connectivity index (χ0n) is 12.4. The molecule has 0 aliphatic heterocycles. The van der Waals surface area contributed by atoms with Gasteiger partial charge < -0.3 is 5.32 Å². The van der Waals surface area contributed by atoms with Crippen molar-refractivity contribution in [1.29, 1.82) is 0 Å².